The zero-order valence-corrected chi connectivity index (χ0v) is 9.35. The predicted molar refractivity (Wildman–Crippen MR) is 50.7 cm³/mol. The molecule has 0 aromatic rings. The van der Waals surface area contributed by atoms with Crippen LogP contribution in [0.25, 0.3) is 0 Å². The van der Waals surface area contributed by atoms with Gasteiger partial charge in [-0.15, -0.1) is 11.8 Å². The lowest BCUT2D eigenvalue weighted by molar-refractivity contribution is -0.132. The van der Waals surface area contributed by atoms with Crippen LogP contribution in [0.1, 0.15) is 12.8 Å². The first-order valence-corrected chi connectivity index (χ1v) is 6.37. The van der Waals surface area contributed by atoms with Gasteiger partial charge in [0.25, 0.3) is 0 Å². The second-order valence-corrected chi connectivity index (χ2v) is 5.35. The van der Waals surface area contributed by atoms with E-state index < -0.39 is 31.2 Å². The van der Waals surface area contributed by atoms with E-state index in [1.807, 2.05) is 0 Å². The second-order valence-electron chi connectivity index (χ2n) is 3.21. The van der Waals surface area contributed by atoms with E-state index >= 15 is 0 Å². The number of rotatable bonds is 2. The fourth-order valence-electron chi connectivity index (χ4n) is 1.31. The molecule has 0 aliphatic carbocycles. The first-order chi connectivity index (χ1) is 6.79. The van der Waals surface area contributed by atoms with E-state index in [0.29, 0.717) is 11.8 Å². The molecule has 0 aromatic carbocycles. The molecule has 1 saturated heterocycles. The molecular weight excluding hydrogens is 254 g/mol. The van der Waals surface area contributed by atoms with E-state index in [1.165, 1.54) is 0 Å². The molecule has 1 heterocycles. The molecule has 4 unspecified atom stereocenters. The van der Waals surface area contributed by atoms with E-state index in [-0.39, 0.29) is 12.8 Å². The summed E-state index contributed by atoms with van der Waals surface area (Å²) in [6.45, 7) is 0. The Bertz CT molecular complexity index is 252. The van der Waals surface area contributed by atoms with Crippen molar-refractivity contribution >= 4 is 20.0 Å². The zero-order valence-electron chi connectivity index (χ0n) is 7.53. The third-order valence-electron chi connectivity index (χ3n) is 1.93. The lowest BCUT2D eigenvalue weighted by atomic mass is 10.1. The monoisotopic (exact) mass is 265 g/mol. The maximum absolute atomic E-state index is 12.4. The Labute approximate surface area is 89.3 Å². The molecule has 1 aliphatic rings. The van der Waals surface area contributed by atoms with Crippen molar-refractivity contribution in [1.29, 1.82) is 0 Å². The number of hydrogen-bond donors (Lipinski definition) is 2. The van der Waals surface area contributed by atoms with Crippen LogP contribution < -0.4 is 5.73 Å². The van der Waals surface area contributed by atoms with Crippen LogP contribution >= 0.6 is 20.0 Å². The first kappa shape index (κ1) is 13.3. The third-order valence-corrected chi connectivity index (χ3v) is 3.96. The number of thioether (sulfide) groups is 1. The van der Waals surface area contributed by atoms with Gasteiger partial charge in [0.2, 0.25) is 0 Å². The molecule has 0 aromatic heterocycles. The van der Waals surface area contributed by atoms with Crippen molar-refractivity contribution in [2.45, 2.75) is 35.7 Å². The molecule has 1 rings (SSSR count). The highest BCUT2D eigenvalue weighted by Gasteiger charge is 2.45. The maximum Gasteiger partial charge on any atom is 0.400 e. The molecule has 9 heteroatoms. The molecule has 1 aliphatic heterocycles. The highest BCUT2D eigenvalue weighted by atomic mass is 32.2. The van der Waals surface area contributed by atoms with Gasteiger partial charge in [0.05, 0.1) is 0 Å². The Balaban J connectivity index is 2.59. The summed E-state index contributed by atoms with van der Waals surface area (Å²) in [5.74, 6) is 0. The van der Waals surface area contributed by atoms with Gasteiger partial charge in [-0.3, -0.25) is 9.09 Å². The van der Waals surface area contributed by atoms with Gasteiger partial charge in [0, 0.05) is 6.04 Å². The van der Waals surface area contributed by atoms with E-state index in [0.717, 1.165) is 0 Å². The number of nitrogens with two attached hydrogens (primary N) is 1. The minimum absolute atomic E-state index is 0.161. The molecule has 4 nitrogen and oxygen atoms in total. The number of alkyl halides is 3. The standard InChI is InChI=1S/C6H11F3NO3PS/c7-6(8,9)4-1-3(10)2-5(15-4)13-14(11)12/h3-5,14H,1-2,10H2,(H,11,12). The molecular formula is C6H11F3NO3PS. The first-order valence-electron chi connectivity index (χ1n) is 4.16. The average molecular weight is 265 g/mol. The van der Waals surface area contributed by atoms with Crippen molar-refractivity contribution < 1.29 is 27.2 Å². The smallest absolute Gasteiger partial charge is 0.328 e. The SMILES string of the molecule is NC1CC(O[PH](=O)O)SC(C(F)(F)F)C1. The van der Waals surface area contributed by atoms with Crippen LogP contribution in [0.15, 0.2) is 0 Å². The van der Waals surface area contributed by atoms with Gasteiger partial charge >= 0.3 is 14.4 Å². The zero-order chi connectivity index (χ0) is 11.6. The normalized spacial score (nSPS) is 35.1. The van der Waals surface area contributed by atoms with Gasteiger partial charge in [-0.25, -0.2) is 0 Å². The summed E-state index contributed by atoms with van der Waals surface area (Å²) < 4.78 is 51.9. The van der Waals surface area contributed by atoms with Crippen molar-refractivity contribution in [1.82, 2.24) is 0 Å². The van der Waals surface area contributed by atoms with Gasteiger partial charge in [0.15, 0.2) is 0 Å². The topological polar surface area (TPSA) is 72.5 Å². The van der Waals surface area contributed by atoms with Gasteiger partial charge < -0.3 is 10.6 Å². The quantitative estimate of drug-likeness (QED) is 0.740. The molecule has 0 bridgehead atoms. The van der Waals surface area contributed by atoms with E-state index in [1.54, 1.807) is 0 Å². The lowest BCUT2D eigenvalue weighted by Crippen LogP contribution is -2.41. The van der Waals surface area contributed by atoms with Crippen molar-refractivity contribution in [3.8, 4) is 0 Å². The average Bonchev–Trinajstić information content (AvgIpc) is 1.99. The molecule has 4 atom stereocenters. The van der Waals surface area contributed by atoms with Gasteiger partial charge in [0.1, 0.15) is 10.7 Å². The second kappa shape index (κ2) is 5.05. The summed E-state index contributed by atoms with van der Waals surface area (Å²) in [4.78, 5) is 8.47. The van der Waals surface area contributed by atoms with Crippen molar-refractivity contribution in [2.75, 3.05) is 0 Å². The summed E-state index contributed by atoms with van der Waals surface area (Å²) in [6, 6.07) is -0.649. The Morgan fingerprint density at radius 3 is 2.53 bits per heavy atom. The summed E-state index contributed by atoms with van der Waals surface area (Å²) in [5.41, 5.74) is 4.47. The largest absolute Gasteiger partial charge is 0.400 e. The fraction of sp³-hybridized carbons (Fsp3) is 1.00. The number of hydrogen-bond acceptors (Lipinski definition) is 4. The van der Waals surface area contributed by atoms with E-state index in [4.69, 9.17) is 10.6 Å². The molecule has 3 N–H and O–H groups in total. The van der Waals surface area contributed by atoms with Crippen LogP contribution in [0.4, 0.5) is 13.2 Å². The Hall–Kier alpha value is 0.250. The Morgan fingerprint density at radius 2 is 2.07 bits per heavy atom. The van der Waals surface area contributed by atoms with Crippen LogP contribution in [-0.4, -0.2) is 27.8 Å². The fourth-order valence-corrected chi connectivity index (χ4v) is 3.34. The predicted octanol–water partition coefficient (Wildman–Crippen LogP) is 1.50. The van der Waals surface area contributed by atoms with Crippen LogP contribution in [0.5, 0.6) is 0 Å². The highest BCUT2D eigenvalue weighted by molar-refractivity contribution is 8.00. The molecule has 0 radical (unpaired) electrons. The Morgan fingerprint density at radius 1 is 1.47 bits per heavy atom. The van der Waals surface area contributed by atoms with Crippen LogP contribution in [0, 0.1) is 0 Å². The summed E-state index contributed by atoms with van der Waals surface area (Å²) in [6.07, 6.45) is -4.37. The highest BCUT2D eigenvalue weighted by Crippen LogP contribution is 2.43. The summed E-state index contributed by atoms with van der Waals surface area (Å²) in [5, 5.41) is -1.62. The molecule has 0 saturated carbocycles. The van der Waals surface area contributed by atoms with Crippen molar-refractivity contribution in [3.05, 3.63) is 0 Å². The number of halogens is 3. The minimum atomic E-state index is -4.35. The molecule has 0 amide bonds. The van der Waals surface area contributed by atoms with E-state index in [2.05, 4.69) is 4.52 Å². The van der Waals surface area contributed by atoms with Gasteiger partial charge in [-0.1, -0.05) is 0 Å². The Kier molecular flexibility index (Phi) is 4.49. The van der Waals surface area contributed by atoms with Crippen molar-refractivity contribution in [3.63, 3.8) is 0 Å². The van der Waals surface area contributed by atoms with E-state index in [9.17, 15) is 17.7 Å². The molecule has 0 spiro atoms. The van der Waals surface area contributed by atoms with Crippen LogP contribution in [0.3, 0.4) is 0 Å². The van der Waals surface area contributed by atoms with Crippen LogP contribution in [0.2, 0.25) is 0 Å². The molecule has 1 fully saturated rings. The third kappa shape index (κ3) is 4.32. The summed E-state index contributed by atoms with van der Waals surface area (Å²) in [7, 11) is -3.22. The maximum atomic E-state index is 12.4. The summed E-state index contributed by atoms with van der Waals surface area (Å²) >= 11 is 0.509. The molecule has 15 heavy (non-hydrogen) atoms. The van der Waals surface area contributed by atoms with Crippen LogP contribution in [-0.2, 0) is 9.09 Å². The molecule has 90 valence electrons. The van der Waals surface area contributed by atoms with Gasteiger partial charge in [-0.2, -0.15) is 13.2 Å². The van der Waals surface area contributed by atoms with Crippen molar-refractivity contribution in [2.24, 2.45) is 5.73 Å². The minimum Gasteiger partial charge on any atom is -0.328 e. The lowest BCUT2D eigenvalue weighted by Gasteiger charge is -2.32. The van der Waals surface area contributed by atoms with Gasteiger partial charge in [-0.05, 0) is 12.8 Å².